The highest BCUT2D eigenvalue weighted by molar-refractivity contribution is 5.72. The second-order valence-electron chi connectivity index (χ2n) is 3.42. The highest BCUT2D eigenvalue weighted by atomic mass is 16.4. The molecular weight excluding hydrogens is 224 g/mol. The molecule has 0 aliphatic heterocycles. The van der Waals surface area contributed by atoms with Crippen molar-refractivity contribution in [1.82, 2.24) is 19.7 Å². The summed E-state index contributed by atoms with van der Waals surface area (Å²) in [4.78, 5) is 18.3. The third-order valence-electron chi connectivity index (χ3n) is 2.18. The molecule has 2 aromatic heterocycles. The first-order valence-corrected chi connectivity index (χ1v) is 4.87. The number of hydrogen-bond donors (Lipinski definition) is 2. The van der Waals surface area contributed by atoms with Gasteiger partial charge in [-0.05, 0) is 11.6 Å². The second kappa shape index (κ2) is 4.71. The molecule has 1 unspecified atom stereocenters. The van der Waals surface area contributed by atoms with Crippen molar-refractivity contribution in [2.75, 3.05) is 0 Å². The first-order chi connectivity index (χ1) is 8.16. The Morgan fingerprint density at radius 3 is 2.82 bits per heavy atom. The van der Waals surface area contributed by atoms with Crippen molar-refractivity contribution in [3.63, 3.8) is 0 Å². The number of hydrogen-bond acceptors (Lipinski definition) is 5. The van der Waals surface area contributed by atoms with E-state index in [9.17, 15) is 9.90 Å². The van der Waals surface area contributed by atoms with Crippen LogP contribution < -0.4 is 0 Å². The molecule has 0 aliphatic rings. The molecule has 0 saturated heterocycles. The number of pyridine rings is 1. The van der Waals surface area contributed by atoms with E-state index in [1.54, 1.807) is 12.1 Å². The van der Waals surface area contributed by atoms with Crippen LogP contribution in [-0.4, -0.2) is 42.0 Å². The zero-order valence-electron chi connectivity index (χ0n) is 8.76. The lowest BCUT2D eigenvalue weighted by molar-refractivity contribution is -0.146. The van der Waals surface area contributed by atoms with Gasteiger partial charge in [-0.1, -0.05) is 6.07 Å². The Kier molecular flexibility index (Phi) is 3.10. The van der Waals surface area contributed by atoms with Gasteiger partial charge in [-0.3, -0.25) is 0 Å². The van der Waals surface area contributed by atoms with Crippen LogP contribution in [0.25, 0.3) is 5.82 Å². The lowest BCUT2D eigenvalue weighted by Gasteiger charge is -2.05. The number of aromatic nitrogens is 4. The van der Waals surface area contributed by atoms with Crippen LogP contribution in [0.4, 0.5) is 0 Å². The van der Waals surface area contributed by atoms with Crippen LogP contribution in [0.3, 0.4) is 0 Å². The van der Waals surface area contributed by atoms with Crippen molar-refractivity contribution >= 4 is 5.97 Å². The Bertz CT molecular complexity index is 495. The van der Waals surface area contributed by atoms with Crippen molar-refractivity contribution < 1.29 is 15.0 Å². The van der Waals surface area contributed by atoms with Gasteiger partial charge in [-0.25, -0.2) is 19.4 Å². The number of aliphatic carboxylic acids is 1. The van der Waals surface area contributed by atoms with Gasteiger partial charge >= 0.3 is 5.97 Å². The molecular formula is C10H10N4O3. The fraction of sp³-hybridized carbons (Fsp3) is 0.200. The minimum atomic E-state index is -1.41. The van der Waals surface area contributed by atoms with E-state index in [0.29, 0.717) is 11.4 Å². The van der Waals surface area contributed by atoms with Crippen molar-refractivity contribution in [1.29, 1.82) is 0 Å². The largest absolute Gasteiger partial charge is 0.479 e. The number of carboxylic acids is 1. The summed E-state index contributed by atoms with van der Waals surface area (Å²) in [5.41, 5.74) is 0.642. The van der Waals surface area contributed by atoms with Gasteiger partial charge in [0.25, 0.3) is 0 Å². The maximum atomic E-state index is 10.5. The fourth-order valence-corrected chi connectivity index (χ4v) is 1.31. The predicted molar refractivity (Wildman–Crippen MR) is 56.5 cm³/mol. The van der Waals surface area contributed by atoms with Crippen LogP contribution in [0.1, 0.15) is 5.56 Å². The molecule has 2 aromatic rings. The maximum absolute atomic E-state index is 10.5. The van der Waals surface area contributed by atoms with Gasteiger partial charge in [-0.15, -0.1) is 0 Å². The van der Waals surface area contributed by atoms with E-state index < -0.39 is 12.1 Å². The average molecular weight is 234 g/mol. The van der Waals surface area contributed by atoms with E-state index in [0.717, 1.165) is 0 Å². The topological polar surface area (TPSA) is 101 Å². The van der Waals surface area contributed by atoms with Gasteiger partial charge < -0.3 is 10.2 Å². The first-order valence-electron chi connectivity index (χ1n) is 4.87. The highest BCUT2D eigenvalue weighted by Crippen LogP contribution is 2.06. The zero-order valence-corrected chi connectivity index (χ0v) is 8.76. The Labute approximate surface area is 96.4 Å². The Morgan fingerprint density at radius 1 is 1.47 bits per heavy atom. The zero-order chi connectivity index (χ0) is 12.3. The normalized spacial score (nSPS) is 12.3. The van der Waals surface area contributed by atoms with Crippen molar-refractivity contribution in [2.45, 2.75) is 12.5 Å². The molecule has 0 radical (unpaired) electrons. The number of nitrogens with zero attached hydrogens (tertiary/aromatic N) is 4. The smallest absolute Gasteiger partial charge is 0.332 e. The van der Waals surface area contributed by atoms with E-state index in [4.69, 9.17) is 5.11 Å². The van der Waals surface area contributed by atoms with Gasteiger partial charge in [0.2, 0.25) is 0 Å². The quantitative estimate of drug-likeness (QED) is 0.749. The monoisotopic (exact) mass is 234 g/mol. The number of rotatable bonds is 4. The van der Waals surface area contributed by atoms with Gasteiger partial charge in [0.1, 0.15) is 12.7 Å². The van der Waals surface area contributed by atoms with Gasteiger partial charge in [0.05, 0.1) is 0 Å². The summed E-state index contributed by atoms with van der Waals surface area (Å²) < 4.78 is 1.48. The van der Waals surface area contributed by atoms with Crippen LogP contribution in [-0.2, 0) is 11.2 Å². The van der Waals surface area contributed by atoms with Crippen LogP contribution >= 0.6 is 0 Å². The lowest BCUT2D eigenvalue weighted by atomic mass is 10.1. The Morgan fingerprint density at radius 2 is 2.29 bits per heavy atom. The summed E-state index contributed by atoms with van der Waals surface area (Å²) in [5, 5.41) is 21.6. The standard InChI is InChI=1S/C10H10N4O3/c15-8(10(16)17)3-7-1-2-9(12-4-7)14-6-11-5-13-14/h1-2,4-6,8,15H,3H2,(H,16,17). The molecule has 0 spiro atoms. The third-order valence-corrected chi connectivity index (χ3v) is 2.18. The third kappa shape index (κ3) is 2.64. The van der Waals surface area contributed by atoms with E-state index in [2.05, 4.69) is 15.1 Å². The highest BCUT2D eigenvalue weighted by Gasteiger charge is 2.13. The summed E-state index contributed by atoms with van der Waals surface area (Å²) in [6, 6.07) is 3.37. The molecule has 17 heavy (non-hydrogen) atoms. The number of aliphatic hydroxyl groups excluding tert-OH is 1. The fourth-order valence-electron chi connectivity index (χ4n) is 1.31. The predicted octanol–water partition coefficient (Wildman–Crippen LogP) is -0.350. The summed E-state index contributed by atoms with van der Waals surface area (Å²) >= 11 is 0. The summed E-state index contributed by atoms with van der Waals surface area (Å²) in [7, 11) is 0. The Balaban J connectivity index is 2.11. The van der Waals surface area contributed by atoms with Gasteiger partial charge in [-0.2, -0.15) is 5.10 Å². The molecule has 0 aromatic carbocycles. The van der Waals surface area contributed by atoms with E-state index in [1.165, 1.54) is 23.5 Å². The average Bonchev–Trinajstić information content (AvgIpc) is 2.83. The molecule has 0 fully saturated rings. The molecule has 2 heterocycles. The van der Waals surface area contributed by atoms with Crippen LogP contribution in [0.15, 0.2) is 31.0 Å². The molecule has 2 N–H and O–H groups in total. The molecule has 0 aliphatic carbocycles. The maximum Gasteiger partial charge on any atom is 0.332 e. The SMILES string of the molecule is O=C(O)C(O)Cc1ccc(-n2cncn2)nc1. The second-order valence-corrected chi connectivity index (χ2v) is 3.42. The van der Waals surface area contributed by atoms with Crippen molar-refractivity contribution in [2.24, 2.45) is 0 Å². The lowest BCUT2D eigenvalue weighted by Crippen LogP contribution is -2.22. The molecule has 0 bridgehead atoms. The van der Waals surface area contributed by atoms with Gasteiger partial charge in [0.15, 0.2) is 11.9 Å². The number of aliphatic hydroxyl groups is 1. The first kappa shape index (κ1) is 11.2. The number of carbonyl (C=O) groups is 1. The van der Waals surface area contributed by atoms with Crippen LogP contribution in [0.2, 0.25) is 0 Å². The Hall–Kier alpha value is -2.28. The summed E-state index contributed by atoms with van der Waals surface area (Å²) in [6.45, 7) is 0. The molecule has 0 amide bonds. The molecule has 1 atom stereocenters. The van der Waals surface area contributed by atoms with Crippen molar-refractivity contribution in [3.05, 3.63) is 36.5 Å². The number of carboxylic acid groups (broad SMARTS) is 1. The van der Waals surface area contributed by atoms with Crippen LogP contribution in [0, 0.1) is 0 Å². The van der Waals surface area contributed by atoms with Crippen molar-refractivity contribution in [3.8, 4) is 5.82 Å². The molecule has 7 nitrogen and oxygen atoms in total. The minimum Gasteiger partial charge on any atom is -0.479 e. The molecule has 2 rings (SSSR count). The molecule has 88 valence electrons. The van der Waals surface area contributed by atoms with E-state index in [1.807, 2.05) is 0 Å². The molecule has 7 heteroatoms. The van der Waals surface area contributed by atoms with Gasteiger partial charge in [0, 0.05) is 12.6 Å². The van der Waals surface area contributed by atoms with E-state index >= 15 is 0 Å². The molecule has 0 saturated carbocycles. The summed E-state index contributed by atoms with van der Waals surface area (Å²) in [5.74, 6) is -0.665. The minimum absolute atomic E-state index is 0.0277. The summed E-state index contributed by atoms with van der Waals surface area (Å²) in [6.07, 6.45) is 3.02. The van der Waals surface area contributed by atoms with Crippen LogP contribution in [0.5, 0.6) is 0 Å². The van der Waals surface area contributed by atoms with E-state index in [-0.39, 0.29) is 6.42 Å².